The van der Waals surface area contributed by atoms with Crippen molar-refractivity contribution < 1.29 is 17.9 Å². The van der Waals surface area contributed by atoms with E-state index in [0.29, 0.717) is 41.8 Å². The molecule has 3 aliphatic heterocycles. The average Bonchev–Trinajstić information content (AvgIpc) is 3.32. The van der Waals surface area contributed by atoms with Gasteiger partial charge in [0.05, 0.1) is 23.7 Å². The molecule has 1 unspecified atom stereocenters. The number of amides is 1. The Bertz CT molecular complexity index is 1930. The first-order chi connectivity index (χ1) is 21.2. The largest absolute Gasteiger partial charge is 0.482 e. The number of anilines is 1. The van der Waals surface area contributed by atoms with Crippen molar-refractivity contribution in [1.29, 1.82) is 0 Å². The number of hydrogen-bond acceptors (Lipinski definition) is 7. The molecular weight excluding hydrogens is 578 g/mol. The maximum absolute atomic E-state index is 13.8. The van der Waals surface area contributed by atoms with Crippen LogP contribution in [0, 0.1) is 12.8 Å². The van der Waals surface area contributed by atoms with Crippen LogP contribution >= 0.6 is 0 Å². The molecular formula is C32H39N7O4S. The number of aromatic nitrogens is 4. The van der Waals surface area contributed by atoms with Crippen molar-refractivity contribution in [2.24, 2.45) is 11.7 Å². The topological polar surface area (TPSA) is 128 Å². The number of aryl methyl sites for hydroxylation is 1. The highest BCUT2D eigenvalue weighted by Crippen LogP contribution is 2.40. The molecule has 2 bridgehead atoms. The molecule has 4 atom stereocenters. The van der Waals surface area contributed by atoms with Gasteiger partial charge in [0.15, 0.2) is 5.88 Å². The van der Waals surface area contributed by atoms with E-state index in [1.165, 1.54) is 4.31 Å². The lowest BCUT2D eigenvalue weighted by molar-refractivity contribution is 0.0726. The summed E-state index contributed by atoms with van der Waals surface area (Å²) < 4.78 is 37.8. The third-order valence-electron chi connectivity index (χ3n) is 10.3. The summed E-state index contributed by atoms with van der Waals surface area (Å²) in [7, 11) is -1.84. The molecule has 4 fully saturated rings. The first-order valence-electron chi connectivity index (χ1n) is 15.8. The molecule has 11 nitrogen and oxygen atoms in total. The minimum atomic E-state index is -3.45. The van der Waals surface area contributed by atoms with Gasteiger partial charge >= 0.3 is 0 Å². The average molecular weight is 618 g/mol. The predicted molar refractivity (Wildman–Crippen MR) is 168 cm³/mol. The first kappa shape index (κ1) is 27.9. The fourth-order valence-corrected chi connectivity index (χ4v) is 9.39. The van der Waals surface area contributed by atoms with Crippen molar-refractivity contribution in [1.82, 2.24) is 23.8 Å². The van der Waals surface area contributed by atoms with E-state index in [9.17, 15) is 13.2 Å². The van der Waals surface area contributed by atoms with E-state index < -0.39 is 15.3 Å². The van der Waals surface area contributed by atoms with Gasteiger partial charge in [0.25, 0.3) is 5.91 Å². The number of hydrogen-bond donors (Lipinski definition) is 1. The van der Waals surface area contributed by atoms with Crippen molar-refractivity contribution in [2.75, 3.05) is 18.0 Å². The third-order valence-corrected chi connectivity index (χ3v) is 12.6. The van der Waals surface area contributed by atoms with E-state index in [0.717, 1.165) is 73.2 Å². The lowest BCUT2D eigenvalue weighted by atomic mass is 9.97. The highest BCUT2D eigenvalue weighted by atomic mass is 32.2. The summed E-state index contributed by atoms with van der Waals surface area (Å²) in [5, 5.41) is 0.513. The monoisotopic (exact) mass is 617 g/mol. The summed E-state index contributed by atoms with van der Waals surface area (Å²) in [5.41, 5.74) is 10.9. The molecule has 4 aromatic heterocycles. The van der Waals surface area contributed by atoms with Crippen LogP contribution in [0.2, 0.25) is 0 Å². The molecule has 4 aromatic rings. The molecule has 8 rings (SSSR count). The summed E-state index contributed by atoms with van der Waals surface area (Å²) in [5.74, 6) is 1.55. The minimum Gasteiger partial charge on any atom is -0.482 e. The number of ether oxygens (including phenoxy) is 1. The zero-order valence-electron chi connectivity index (χ0n) is 25.4. The van der Waals surface area contributed by atoms with Crippen LogP contribution in [0.25, 0.3) is 28.1 Å². The van der Waals surface area contributed by atoms with Crippen LogP contribution in [0.15, 0.2) is 30.3 Å². The van der Waals surface area contributed by atoms with Crippen LogP contribution < -0.4 is 14.8 Å². The van der Waals surface area contributed by atoms with Crippen molar-refractivity contribution in [2.45, 2.75) is 88.7 Å². The maximum atomic E-state index is 13.8. The van der Waals surface area contributed by atoms with E-state index >= 15 is 0 Å². The van der Waals surface area contributed by atoms with Crippen molar-refractivity contribution in [3.63, 3.8) is 0 Å². The molecule has 0 radical (unpaired) electrons. The van der Waals surface area contributed by atoms with E-state index in [1.54, 1.807) is 14.0 Å². The molecule has 0 spiro atoms. The van der Waals surface area contributed by atoms with Gasteiger partial charge in [-0.2, -0.15) is 0 Å². The number of fused-ring (bicyclic) bond motifs is 4. The van der Waals surface area contributed by atoms with E-state index in [4.69, 9.17) is 20.4 Å². The second-order valence-electron chi connectivity index (χ2n) is 13.2. The molecule has 44 heavy (non-hydrogen) atoms. The van der Waals surface area contributed by atoms with Gasteiger partial charge in [0.1, 0.15) is 22.8 Å². The normalized spacial score (nSPS) is 26.3. The molecule has 232 valence electrons. The Kier molecular flexibility index (Phi) is 6.29. The Morgan fingerprint density at radius 3 is 2.61 bits per heavy atom. The molecule has 0 aromatic carbocycles. The zero-order chi connectivity index (χ0) is 30.5. The number of pyridine rings is 2. The highest BCUT2D eigenvalue weighted by Gasteiger charge is 2.47. The van der Waals surface area contributed by atoms with Gasteiger partial charge in [0.2, 0.25) is 10.0 Å². The van der Waals surface area contributed by atoms with Gasteiger partial charge in [-0.15, -0.1) is 0 Å². The van der Waals surface area contributed by atoms with Gasteiger partial charge < -0.3 is 19.9 Å². The standard InChI is InChI=1S/C32H39N7O4S/c1-18-5-4-12-37(44(18,41)42)27-11-8-21-13-26(36(31(21)35-27)17-20-6-7-20)30-19(2)38-28(34-30)14-22(15-29(38)43-3)32(40)39-23-9-10-25(39)24(33)16-23/h8,11,13-15,18,20,23-25H,4-7,9-10,12,16-17,33H2,1-3H3/t18?,23-,24+,25+/m0/s1. The molecule has 1 aliphatic carbocycles. The number of nitrogens with zero attached hydrogens (tertiary/aromatic N) is 6. The molecule has 2 N–H and O–H groups in total. The predicted octanol–water partition coefficient (Wildman–Crippen LogP) is 4.10. The molecule has 4 aliphatic rings. The van der Waals surface area contributed by atoms with Crippen LogP contribution in [-0.2, 0) is 16.6 Å². The molecule has 7 heterocycles. The van der Waals surface area contributed by atoms with Gasteiger partial charge in [-0.05, 0) is 89.0 Å². The number of rotatable bonds is 6. The van der Waals surface area contributed by atoms with Crippen molar-refractivity contribution >= 4 is 38.4 Å². The van der Waals surface area contributed by atoms with Crippen LogP contribution in [0.4, 0.5) is 5.82 Å². The van der Waals surface area contributed by atoms with Gasteiger partial charge in [-0.1, -0.05) is 0 Å². The third kappa shape index (κ3) is 4.17. The summed E-state index contributed by atoms with van der Waals surface area (Å²) >= 11 is 0. The van der Waals surface area contributed by atoms with E-state index in [-0.39, 0.29) is 24.0 Å². The van der Waals surface area contributed by atoms with Crippen molar-refractivity contribution in [3.05, 3.63) is 41.6 Å². The first-order valence-corrected chi connectivity index (χ1v) is 17.3. The molecule has 12 heteroatoms. The van der Waals surface area contributed by atoms with Gasteiger partial charge in [-0.3, -0.25) is 13.5 Å². The smallest absolute Gasteiger partial charge is 0.254 e. The Morgan fingerprint density at radius 2 is 1.91 bits per heavy atom. The van der Waals surface area contributed by atoms with E-state index in [2.05, 4.69) is 10.6 Å². The Balaban J connectivity index is 1.24. The molecule has 1 amide bonds. The quantitative estimate of drug-likeness (QED) is 0.345. The Morgan fingerprint density at radius 1 is 1.09 bits per heavy atom. The minimum absolute atomic E-state index is 0.0185. The zero-order valence-corrected chi connectivity index (χ0v) is 26.3. The van der Waals surface area contributed by atoms with Crippen molar-refractivity contribution in [3.8, 4) is 17.3 Å². The van der Waals surface area contributed by atoms with Crippen LogP contribution in [0.3, 0.4) is 0 Å². The number of sulfonamides is 1. The lowest BCUT2D eigenvalue weighted by Gasteiger charge is -2.31. The second kappa shape index (κ2) is 9.93. The number of carbonyl (C=O) groups is 1. The summed E-state index contributed by atoms with van der Waals surface area (Å²) in [6, 6.07) is 9.87. The molecule has 3 saturated heterocycles. The highest BCUT2D eigenvalue weighted by molar-refractivity contribution is 7.93. The van der Waals surface area contributed by atoms with E-state index in [1.807, 2.05) is 40.5 Å². The number of imidazole rings is 1. The lowest BCUT2D eigenvalue weighted by Crippen LogP contribution is -2.43. The number of methoxy groups -OCH3 is 1. The SMILES string of the molecule is COc1cc(C(=O)N2[C@H]3CC[C@@H]2[C@H](N)C3)cc2nc(-c3cc4ccc(N5CCCC(C)S5(=O)=O)nc4n3CC3CC3)c(C)n12. The van der Waals surface area contributed by atoms with Crippen LogP contribution in [0.5, 0.6) is 5.88 Å². The number of carbonyl (C=O) groups excluding carboxylic acids is 1. The fourth-order valence-electron chi connectivity index (χ4n) is 7.75. The number of nitrogens with two attached hydrogens (primary N) is 1. The second-order valence-corrected chi connectivity index (χ2v) is 15.4. The van der Waals surface area contributed by atoms with Gasteiger partial charge in [-0.25, -0.2) is 18.4 Å². The van der Waals surface area contributed by atoms with Crippen LogP contribution in [-0.4, -0.2) is 75.2 Å². The molecule has 1 saturated carbocycles. The Labute approximate surface area is 257 Å². The summed E-state index contributed by atoms with van der Waals surface area (Å²) in [6.45, 7) is 5.01. The maximum Gasteiger partial charge on any atom is 0.254 e. The Hall–Kier alpha value is -3.64. The van der Waals surface area contributed by atoms with Gasteiger partial charge in [0, 0.05) is 48.2 Å². The van der Waals surface area contributed by atoms with Crippen LogP contribution in [0.1, 0.15) is 67.9 Å². The fraction of sp³-hybridized carbons (Fsp3) is 0.531. The summed E-state index contributed by atoms with van der Waals surface area (Å²) in [6.07, 6.45) is 6.60. The summed E-state index contributed by atoms with van der Waals surface area (Å²) in [4.78, 5) is 25.8.